The Hall–Kier alpha value is -1.64. The molecule has 3 aromatic rings. The van der Waals surface area contributed by atoms with Crippen LogP contribution in [-0.4, -0.2) is 31.0 Å². The first kappa shape index (κ1) is 17.7. The summed E-state index contributed by atoms with van der Waals surface area (Å²) < 4.78 is 0. The summed E-state index contributed by atoms with van der Waals surface area (Å²) in [7, 11) is -2.48. The molecule has 0 spiro atoms. The normalized spacial score (nSPS) is 11.3. The van der Waals surface area contributed by atoms with Crippen LogP contribution in [0.5, 0.6) is 0 Å². The summed E-state index contributed by atoms with van der Waals surface area (Å²) in [6.07, 6.45) is 0. The van der Waals surface area contributed by atoms with Crippen molar-refractivity contribution in [3.8, 4) is 0 Å². The van der Waals surface area contributed by atoms with Crippen LogP contribution in [-0.2, 0) is 0 Å². The van der Waals surface area contributed by atoms with E-state index in [0.717, 1.165) is 16.2 Å². The fourth-order valence-electron chi connectivity index (χ4n) is 2.85. The molecule has 0 bridgehead atoms. The molecule has 0 aromatic heterocycles. The summed E-state index contributed by atoms with van der Waals surface area (Å²) >= 11 is 0. The van der Waals surface area contributed by atoms with Crippen LogP contribution >= 0.6 is 7.26 Å². The van der Waals surface area contributed by atoms with Gasteiger partial charge in [-0.05, 0) is 0 Å². The standard InChI is InChI=1S/C20H19OP.Li.H/c1-22(18-13-7-3-8-14-18,19-15-9-4-10-16-19)20(21)17-11-5-2-6-12-17;;/h2-16,22H,1H3;;. The Morgan fingerprint density at radius 2 is 1.00 bits per heavy atom. The second-order valence-electron chi connectivity index (χ2n) is 5.55. The number of rotatable bonds is 4. The zero-order valence-corrected chi connectivity index (χ0v) is 13.6. The van der Waals surface area contributed by atoms with Crippen LogP contribution in [0.15, 0.2) is 91.0 Å². The van der Waals surface area contributed by atoms with Gasteiger partial charge in [-0.15, -0.1) is 0 Å². The minimum absolute atomic E-state index is 0. The first-order chi connectivity index (χ1) is 10.7. The molecule has 3 rings (SSSR count). The van der Waals surface area contributed by atoms with Gasteiger partial charge in [0, 0.05) is 0 Å². The van der Waals surface area contributed by atoms with Gasteiger partial charge in [-0.1, -0.05) is 0 Å². The fraction of sp³-hybridized carbons (Fsp3) is 0.0500. The quantitative estimate of drug-likeness (QED) is 0.534. The van der Waals surface area contributed by atoms with Crippen molar-refractivity contribution in [2.45, 2.75) is 0 Å². The van der Waals surface area contributed by atoms with Gasteiger partial charge in [-0.25, -0.2) is 0 Å². The molecule has 0 aliphatic carbocycles. The van der Waals surface area contributed by atoms with Crippen molar-refractivity contribution < 1.29 is 4.79 Å². The van der Waals surface area contributed by atoms with Crippen molar-refractivity contribution >= 4 is 42.3 Å². The van der Waals surface area contributed by atoms with Crippen molar-refractivity contribution in [2.24, 2.45) is 0 Å². The second-order valence-corrected chi connectivity index (χ2v) is 9.41. The molecule has 0 saturated heterocycles. The molecule has 0 saturated carbocycles. The van der Waals surface area contributed by atoms with E-state index in [2.05, 4.69) is 30.9 Å². The van der Waals surface area contributed by atoms with Gasteiger partial charge in [-0.3, -0.25) is 0 Å². The molecule has 0 heterocycles. The molecule has 0 amide bonds. The Labute approximate surface area is 150 Å². The number of carbonyl (C=O) groups excluding carboxylic acids is 1. The van der Waals surface area contributed by atoms with Crippen molar-refractivity contribution in [2.75, 3.05) is 6.66 Å². The molecule has 0 radical (unpaired) electrons. The van der Waals surface area contributed by atoms with Gasteiger partial charge in [0.15, 0.2) is 0 Å². The van der Waals surface area contributed by atoms with Crippen molar-refractivity contribution in [3.05, 3.63) is 96.6 Å². The molecule has 0 unspecified atom stereocenters. The third-order valence-corrected chi connectivity index (χ3v) is 8.37. The van der Waals surface area contributed by atoms with Crippen LogP contribution in [0.3, 0.4) is 0 Å². The third kappa shape index (κ3) is 3.49. The Bertz CT molecular complexity index is 718. The van der Waals surface area contributed by atoms with Crippen molar-refractivity contribution in [1.29, 1.82) is 0 Å². The summed E-state index contributed by atoms with van der Waals surface area (Å²) in [5.41, 5.74) is 1.05. The number of carbonyl (C=O) groups is 1. The summed E-state index contributed by atoms with van der Waals surface area (Å²) in [5.74, 6) is 0. The number of benzene rings is 3. The maximum atomic E-state index is 13.3. The zero-order valence-electron chi connectivity index (χ0n) is 12.6. The van der Waals surface area contributed by atoms with E-state index in [-0.39, 0.29) is 24.4 Å². The van der Waals surface area contributed by atoms with Crippen LogP contribution in [0, 0.1) is 0 Å². The Morgan fingerprint density at radius 3 is 1.39 bits per heavy atom. The van der Waals surface area contributed by atoms with E-state index in [1.807, 2.05) is 66.7 Å². The van der Waals surface area contributed by atoms with Crippen molar-refractivity contribution in [3.63, 3.8) is 0 Å². The number of hydrogen-bond acceptors (Lipinski definition) is 1. The predicted octanol–water partition coefficient (Wildman–Crippen LogP) is 3.21. The Morgan fingerprint density at radius 1 is 0.652 bits per heavy atom. The maximum absolute atomic E-state index is 13.3. The molecule has 112 valence electrons. The van der Waals surface area contributed by atoms with Crippen LogP contribution in [0.1, 0.15) is 10.4 Å². The van der Waals surface area contributed by atoms with Crippen LogP contribution in [0.4, 0.5) is 0 Å². The zero-order chi connectivity index (χ0) is 15.4. The van der Waals surface area contributed by atoms with E-state index in [0.29, 0.717) is 0 Å². The molecule has 23 heavy (non-hydrogen) atoms. The SMILES string of the molecule is C[PH](C(=O)c1ccccc1)(c1ccccc1)c1ccccc1.[LiH]. The van der Waals surface area contributed by atoms with Crippen LogP contribution in [0.2, 0.25) is 0 Å². The summed E-state index contributed by atoms with van der Waals surface area (Å²) in [5, 5.41) is 2.30. The van der Waals surface area contributed by atoms with E-state index in [1.165, 1.54) is 0 Å². The van der Waals surface area contributed by atoms with E-state index < -0.39 is 7.26 Å². The summed E-state index contributed by atoms with van der Waals surface area (Å²) in [4.78, 5) is 13.3. The average molecular weight is 314 g/mol. The Kier molecular flexibility index (Phi) is 5.97. The van der Waals surface area contributed by atoms with Gasteiger partial charge in [0.2, 0.25) is 0 Å². The second kappa shape index (κ2) is 7.76. The van der Waals surface area contributed by atoms with E-state index >= 15 is 0 Å². The number of hydrogen-bond donors (Lipinski definition) is 0. The monoisotopic (exact) mass is 314 g/mol. The van der Waals surface area contributed by atoms with Crippen molar-refractivity contribution in [1.82, 2.24) is 0 Å². The molecule has 0 atom stereocenters. The molecular weight excluding hydrogens is 294 g/mol. The first-order valence-electron chi connectivity index (χ1n) is 7.44. The average Bonchev–Trinajstić information content (AvgIpc) is 2.62. The van der Waals surface area contributed by atoms with Crippen LogP contribution < -0.4 is 10.6 Å². The minimum atomic E-state index is -2.48. The van der Waals surface area contributed by atoms with Gasteiger partial charge in [0.05, 0.1) is 0 Å². The molecule has 0 aliphatic heterocycles. The van der Waals surface area contributed by atoms with E-state index in [1.54, 1.807) is 0 Å². The molecule has 0 N–H and O–H groups in total. The fourth-order valence-corrected chi connectivity index (χ4v) is 6.17. The van der Waals surface area contributed by atoms with Gasteiger partial charge >= 0.3 is 150 Å². The van der Waals surface area contributed by atoms with E-state index in [9.17, 15) is 4.79 Å². The molecule has 0 fully saturated rings. The summed E-state index contributed by atoms with van der Waals surface area (Å²) in [6, 6.07) is 30.0. The van der Waals surface area contributed by atoms with Gasteiger partial charge in [0.1, 0.15) is 0 Å². The van der Waals surface area contributed by atoms with Gasteiger partial charge in [-0.2, -0.15) is 0 Å². The summed E-state index contributed by atoms with van der Waals surface area (Å²) in [6.45, 7) is 2.15. The molecule has 3 aromatic carbocycles. The predicted molar refractivity (Wildman–Crippen MR) is 104 cm³/mol. The van der Waals surface area contributed by atoms with Gasteiger partial charge < -0.3 is 0 Å². The molecule has 0 aliphatic rings. The van der Waals surface area contributed by atoms with Crippen LogP contribution in [0.25, 0.3) is 0 Å². The molecule has 3 heteroatoms. The van der Waals surface area contributed by atoms with Gasteiger partial charge in [0.25, 0.3) is 0 Å². The molecule has 1 nitrogen and oxygen atoms in total. The first-order valence-corrected chi connectivity index (χ1v) is 9.94. The molecular formula is C20H20LiOP. The van der Waals surface area contributed by atoms with E-state index in [4.69, 9.17) is 0 Å². The third-order valence-electron chi connectivity index (χ3n) is 4.19. The Balaban J connectivity index is 0.00000192. The topological polar surface area (TPSA) is 17.1 Å².